The molecule has 0 aromatic heterocycles. The molecule has 2 aromatic carbocycles. The van der Waals surface area contributed by atoms with E-state index in [1.54, 1.807) is 0 Å². The van der Waals surface area contributed by atoms with Gasteiger partial charge in [-0.05, 0) is 34.9 Å². The number of carboxylic acid groups (broad SMARTS) is 1. The summed E-state index contributed by atoms with van der Waals surface area (Å²) < 4.78 is 0. The summed E-state index contributed by atoms with van der Waals surface area (Å²) in [6, 6.07) is 14.7. The van der Waals surface area contributed by atoms with E-state index in [1.807, 2.05) is 19.1 Å². The standard InChI is InChI=1S/C16H19NO2/c1-12(8-16(18)19)10-17-11-13-6-7-14-4-2-3-5-15(14)9-13/h2-7,9,12,17H,8,10-11H2,1H3,(H,18,19). The van der Waals surface area contributed by atoms with Crippen LogP contribution in [0.1, 0.15) is 18.9 Å². The second-order valence-corrected chi connectivity index (χ2v) is 5.02. The lowest BCUT2D eigenvalue weighted by molar-refractivity contribution is -0.137. The van der Waals surface area contributed by atoms with E-state index in [9.17, 15) is 4.79 Å². The minimum Gasteiger partial charge on any atom is -0.481 e. The monoisotopic (exact) mass is 257 g/mol. The van der Waals surface area contributed by atoms with Crippen LogP contribution in [-0.2, 0) is 11.3 Å². The van der Waals surface area contributed by atoms with Crippen LogP contribution >= 0.6 is 0 Å². The highest BCUT2D eigenvalue weighted by atomic mass is 16.4. The van der Waals surface area contributed by atoms with Gasteiger partial charge in [0.2, 0.25) is 0 Å². The summed E-state index contributed by atoms with van der Waals surface area (Å²) >= 11 is 0. The molecule has 0 bridgehead atoms. The molecule has 0 saturated carbocycles. The van der Waals surface area contributed by atoms with Gasteiger partial charge in [-0.3, -0.25) is 4.79 Å². The smallest absolute Gasteiger partial charge is 0.303 e. The van der Waals surface area contributed by atoms with Crippen LogP contribution in [0.3, 0.4) is 0 Å². The number of hydrogen-bond donors (Lipinski definition) is 2. The Morgan fingerprint density at radius 1 is 1.21 bits per heavy atom. The summed E-state index contributed by atoms with van der Waals surface area (Å²) in [4.78, 5) is 10.6. The Morgan fingerprint density at radius 3 is 2.68 bits per heavy atom. The van der Waals surface area contributed by atoms with Crippen LogP contribution in [0.15, 0.2) is 42.5 Å². The third-order valence-corrected chi connectivity index (χ3v) is 3.16. The van der Waals surface area contributed by atoms with Gasteiger partial charge in [-0.15, -0.1) is 0 Å². The van der Waals surface area contributed by atoms with E-state index in [0.29, 0.717) is 0 Å². The first kappa shape index (κ1) is 13.6. The van der Waals surface area contributed by atoms with Crippen molar-refractivity contribution in [2.24, 2.45) is 5.92 Å². The molecule has 0 heterocycles. The normalized spacial score (nSPS) is 12.5. The van der Waals surface area contributed by atoms with Crippen molar-refractivity contribution in [2.45, 2.75) is 19.9 Å². The van der Waals surface area contributed by atoms with Crippen molar-refractivity contribution < 1.29 is 9.90 Å². The lowest BCUT2D eigenvalue weighted by Crippen LogP contribution is -2.22. The van der Waals surface area contributed by atoms with Crippen LogP contribution < -0.4 is 5.32 Å². The molecule has 2 rings (SSSR count). The summed E-state index contributed by atoms with van der Waals surface area (Å²) in [5, 5.41) is 14.5. The lowest BCUT2D eigenvalue weighted by Gasteiger charge is -2.10. The number of carboxylic acids is 1. The average Bonchev–Trinajstić information content (AvgIpc) is 2.37. The van der Waals surface area contributed by atoms with E-state index >= 15 is 0 Å². The van der Waals surface area contributed by atoms with Gasteiger partial charge in [0.05, 0.1) is 0 Å². The minimum absolute atomic E-state index is 0.151. The van der Waals surface area contributed by atoms with Crippen LogP contribution in [0.25, 0.3) is 10.8 Å². The summed E-state index contributed by atoms with van der Waals surface area (Å²) in [5.41, 5.74) is 1.22. The summed E-state index contributed by atoms with van der Waals surface area (Å²) in [6.45, 7) is 3.44. The van der Waals surface area contributed by atoms with Crippen LogP contribution in [0.2, 0.25) is 0 Å². The second kappa shape index (κ2) is 6.34. The van der Waals surface area contributed by atoms with Gasteiger partial charge in [0.15, 0.2) is 0 Å². The Labute approximate surface area is 113 Å². The quantitative estimate of drug-likeness (QED) is 0.836. The van der Waals surface area contributed by atoms with Gasteiger partial charge in [-0.25, -0.2) is 0 Å². The van der Waals surface area contributed by atoms with Gasteiger partial charge in [-0.1, -0.05) is 43.3 Å². The Kier molecular flexibility index (Phi) is 4.53. The van der Waals surface area contributed by atoms with Gasteiger partial charge < -0.3 is 10.4 Å². The van der Waals surface area contributed by atoms with Crippen LogP contribution in [0.5, 0.6) is 0 Å². The number of benzene rings is 2. The van der Waals surface area contributed by atoms with Crippen molar-refractivity contribution >= 4 is 16.7 Å². The van der Waals surface area contributed by atoms with Crippen molar-refractivity contribution in [1.82, 2.24) is 5.32 Å². The van der Waals surface area contributed by atoms with Gasteiger partial charge >= 0.3 is 5.97 Å². The van der Waals surface area contributed by atoms with Gasteiger partial charge in [0, 0.05) is 13.0 Å². The number of nitrogens with one attached hydrogen (secondary N) is 1. The molecular formula is C16H19NO2. The SMILES string of the molecule is CC(CNCc1ccc2ccccc2c1)CC(=O)O. The molecule has 0 spiro atoms. The maximum absolute atomic E-state index is 10.6. The Morgan fingerprint density at radius 2 is 1.95 bits per heavy atom. The van der Waals surface area contributed by atoms with E-state index in [0.717, 1.165) is 13.1 Å². The van der Waals surface area contributed by atoms with E-state index in [2.05, 4.69) is 35.6 Å². The molecule has 0 radical (unpaired) electrons. The Hall–Kier alpha value is -1.87. The fourth-order valence-electron chi connectivity index (χ4n) is 2.18. The lowest BCUT2D eigenvalue weighted by atomic mass is 10.1. The first-order valence-electron chi connectivity index (χ1n) is 6.55. The van der Waals surface area contributed by atoms with Crippen molar-refractivity contribution in [3.05, 3.63) is 48.0 Å². The Bertz CT molecular complexity index is 565. The Balaban J connectivity index is 1.89. The fourth-order valence-corrected chi connectivity index (χ4v) is 2.18. The molecule has 0 amide bonds. The number of carbonyl (C=O) groups is 1. The van der Waals surface area contributed by atoms with Crippen molar-refractivity contribution in [3.8, 4) is 0 Å². The molecule has 2 N–H and O–H groups in total. The molecule has 100 valence electrons. The molecule has 1 unspecified atom stereocenters. The van der Waals surface area contributed by atoms with Gasteiger partial charge in [0.25, 0.3) is 0 Å². The largest absolute Gasteiger partial charge is 0.481 e. The summed E-state index contributed by atoms with van der Waals surface area (Å²) in [5.74, 6) is -0.585. The predicted molar refractivity (Wildman–Crippen MR) is 77.1 cm³/mol. The van der Waals surface area contributed by atoms with Crippen LogP contribution in [0, 0.1) is 5.92 Å². The zero-order chi connectivity index (χ0) is 13.7. The molecule has 0 aliphatic rings. The maximum atomic E-state index is 10.6. The predicted octanol–water partition coefficient (Wildman–Crippen LogP) is 3.04. The zero-order valence-corrected chi connectivity index (χ0v) is 11.1. The number of aliphatic carboxylic acids is 1. The molecule has 0 aliphatic heterocycles. The molecule has 3 nitrogen and oxygen atoms in total. The van der Waals surface area contributed by atoms with Gasteiger partial charge in [0.1, 0.15) is 0 Å². The number of hydrogen-bond acceptors (Lipinski definition) is 2. The molecule has 2 aromatic rings. The third-order valence-electron chi connectivity index (χ3n) is 3.16. The van der Waals surface area contributed by atoms with Crippen LogP contribution in [0.4, 0.5) is 0 Å². The van der Waals surface area contributed by atoms with E-state index in [1.165, 1.54) is 16.3 Å². The highest BCUT2D eigenvalue weighted by Crippen LogP contribution is 2.15. The molecular weight excluding hydrogens is 238 g/mol. The highest BCUT2D eigenvalue weighted by Gasteiger charge is 2.06. The first-order chi connectivity index (χ1) is 9.15. The minimum atomic E-state index is -0.736. The van der Waals surface area contributed by atoms with E-state index in [4.69, 9.17) is 5.11 Å². The average molecular weight is 257 g/mol. The fraction of sp³-hybridized carbons (Fsp3) is 0.312. The number of rotatable bonds is 6. The molecule has 19 heavy (non-hydrogen) atoms. The van der Waals surface area contributed by atoms with Crippen LogP contribution in [-0.4, -0.2) is 17.6 Å². The summed E-state index contributed by atoms with van der Waals surface area (Å²) in [6.07, 6.45) is 0.213. The zero-order valence-electron chi connectivity index (χ0n) is 11.1. The van der Waals surface area contributed by atoms with E-state index in [-0.39, 0.29) is 12.3 Å². The van der Waals surface area contributed by atoms with Crippen molar-refractivity contribution in [1.29, 1.82) is 0 Å². The highest BCUT2D eigenvalue weighted by molar-refractivity contribution is 5.82. The summed E-state index contributed by atoms with van der Waals surface area (Å²) in [7, 11) is 0. The van der Waals surface area contributed by atoms with E-state index < -0.39 is 5.97 Å². The molecule has 0 saturated heterocycles. The first-order valence-corrected chi connectivity index (χ1v) is 6.55. The maximum Gasteiger partial charge on any atom is 0.303 e. The second-order valence-electron chi connectivity index (χ2n) is 5.02. The molecule has 0 fully saturated rings. The van der Waals surface area contributed by atoms with Crippen molar-refractivity contribution in [3.63, 3.8) is 0 Å². The number of fused-ring (bicyclic) bond motifs is 1. The molecule has 1 atom stereocenters. The third kappa shape index (κ3) is 4.07. The molecule has 0 aliphatic carbocycles. The molecule has 3 heteroatoms. The van der Waals surface area contributed by atoms with Crippen molar-refractivity contribution in [2.75, 3.05) is 6.54 Å². The van der Waals surface area contributed by atoms with Gasteiger partial charge in [-0.2, -0.15) is 0 Å². The topological polar surface area (TPSA) is 49.3 Å².